The Bertz CT molecular complexity index is 269. The van der Waals surface area contributed by atoms with Crippen molar-refractivity contribution in [1.29, 1.82) is 0 Å². The molecule has 3 rings (SSSR count). The van der Waals surface area contributed by atoms with Gasteiger partial charge in [0.15, 0.2) is 0 Å². The second-order valence-corrected chi connectivity index (χ2v) is 7.71. The third-order valence-corrected chi connectivity index (χ3v) is 5.48. The Hall–Kier alpha value is -0.0800. The summed E-state index contributed by atoms with van der Waals surface area (Å²) >= 11 is 0. The maximum Gasteiger partial charge on any atom is 0.0107 e. The van der Waals surface area contributed by atoms with Crippen LogP contribution < -0.4 is 5.32 Å². The summed E-state index contributed by atoms with van der Waals surface area (Å²) in [6, 6.07) is 0.810. The van der Waals surface area contributed by atoms with Crippen molar-refractivity contribution in [3.63, 3.8) is 0 Å². The Morgan fingerprint density at radius 2 is 1.50 bits per heavy atom. The first kappa shape index (κ1) is 14.8. The van der Waals surface area contributed by atoms with Crippen molar-refractivity contribution in [3.8, 4) is 0 Å². The van der Waals surface area contributed by atoms with Crippen molar-refractivity contribution in [1.82, 2.24) is 10.2 Å². The van der Waals surface area contributed by atoms with Gasteiger partial charge in [-0.2, -0.15) is 0 Å². The number of nitrogens with zero attached hydrogens (tertiary/aromatic N) is 1. The normalized spacial score (nSPS) is 30.9. The molecule has 3 fully saturated rings. The van der Waals surface area contributed by atoms with Crippen LogP contribution in [-0.2, 0) is 0 Å². The first-order valence-corrected chi connectivity index (χ1v) is 9.31. The molecule has 0 aromatic heterocycles. The monoisotopic (exact) mass is 278 g/mol. The third-order valence-electron chi connectivity index (χ3n) is 5.48. The van der Waals surface area contributed by atoms with Crippen LogP contribution in [0, 0.1) is 17.8 Å². The highest BCUT2D eigenvalue weighted by molar-refractivity contribution is 4.87. The predicted octanol–water partition coefficient (Wildman–Crippen LogP) is 3.67. The van der Waals surface area contributed by atoms with Gasteiger partial charge >= 0.3 is 0 Å². The van der Waals surface area contributed by atoms with Crippen LogP contribution in [0.4, 0.5) is 0 Å². The number of hydrogen-bond donors (Lipinski definition) is 1. The lowest BCUT2D eigenvalue weighted by molar-refractivity contribution is 0.158. The van der Waals surface area contributed by atoms with E-state index >= 15 is 0 Å². The minimum atomic E-state index is 0.810. The summed E-state index contributed by atoms with van der Waals surface area (Å²) < 4.78 is 0. The average molecular weight is 278 g/mol. The van der Waals surface area contributed by atoms with Gasteiger partial charge in [-0.15, -0.1) is 0 Å². The van der Waals surface area contributed by atoms with Crippen LogP contribution >= 0.6 is 0 Å². The minimum absolute atomic E-state index is 0.810. The van der Waals surface area contributed by atoms with E-state index in [4.69, 9.17) is 0 Å². The molecule has 0 bridgehead atoms. The molecule has 0 saturated heterocycles. The van der Waals surface area contributed by atoms with E-state index in [0.29, 0.717) is 0 Å². The summed E-state index contributed by atoms with van der Waals surface area (Å²) in [5, 5.41) is 3.84. The Morgan fingerprint density at radius 1 is 0.850 bits per heavy atom. The summed E-state index contributed by atoms with van der Waals surface area (Å²) in [5.74, 6) is 3.03. The molecule has 2 heteroatoms. The van der Waals surface area contributed by atoms with Crippen LogP contribution in [0.1, 0.15) is 64.7 Å². The molecule has 0 heterocycles. The van der Waals surface area contributed by atoms with E-state index in [9.17, 15) is 0 Å². The largest absolute Gasteiger partial charge is 0.314 e. The van der Waals surface area contributed by atoms with Crippen LogP contribution in [-0.4, -0.2) is 37.1 Å². The number of hydrogen-bond acceptors (Lipinski definition) is 2. The van der Waals surface area contributed by atoms with Crippen molar-refractivity contribution in [2.24, 2.45) is 17.8 Å². The first-order chi connectivity index (χ1) is 9.85. The van der Waals surface area contributed by atoms with Gasteiger partial charge in [0, 0.05) is 25.7 Å². The fraction of sp³-hybridized carbons (Fsp3) is 1.00. The maximum atomic E-state index is 3.84. The molecule has 3 saturated carbocycles. The van der Waals surface area contributed by atoms with E-state index in [1.54, 1.807) is 0 Å². The van der Waals surface area contributed by atoms with Gasteiger partial charge in [-0.1, -0.05) is 19.8 Å². The summed E-state index contributed by atoms with van der Waals surface area (Å²) in [7, 11) is 0. The van der Waals surface area contributed by atoms with Gasteiger partial charge in [0.05, 0.1) is 0 Å². The molecule has 1 N–H and O–H groups in total. The fourth-order valence-electron chi connectivity index (χ4n) is 3.91. The van der Waals surface area contributed by atoms with Crippen LogP contribution in [0.2, 0.25) is 0 Å². The lowest BCUT2D eigenvalue weighted by atomic mass is 9.84. The first-order valence-electron chi connectivity index (χ1n) is 9.31. The van der Waals surface area contributed by atoms with Gasteiger partial charge < -0.3 is 10.2 Å². The molecule has 3 aliphatic rings. The highest BCUT2D eigenvalue weighted by Crippen LogP contribution is 2.35. The maximum absolute atomic E-state index is 3.84. The van der Waals surface area contributed by atoms with Gasteiger partial charge in [0.25, 0.3) is 0 Å². The summed E-state index contributed by atoms with van der Waals surface area (Å²) in [6.45, 7) is 7.71. The lowest BCUT2D eigenvalue weighted by Crippen LogP contribution is -2.45. The van der Waals surface area contributed by atoms with Crippen molar-refractivity contribution >= 4 is 0 Å². The van der Waals surface area contributed by atoms with Crippen molar-refractivity contribution in [2.75, 3.05) is 26.2 Å². The van der Waals surface area contributed by atoms with Crippen molar-refractivity contribution < 1.29 is 0 Å². The predicted molar refractivity (Wildman–Crippen MR) is 85.9 cm³/mol. The van der Waals surface area contributed by atoms with Crippen molar-refractivity contribution in [3.05, 3.63) is 0 Å². The fourth-order valence-corrected chi connectivity index (χ4v) is 3.91. The molecule has 116 valence electrons. The van der Waals surface area contributed by atoms with E-state index in [1.165, 1.54) is 84.0 Å². The standard InChI is InChI=1S/C18H34N2/c1-2-11-19-18-6-4-3-5-17(18)14-20(12-15-7-8-15)13-16-9-10-16/h15-19H,2-14H2,1H3. The SMILES string of the molecule is CCCNC1CCCCC1CN(CC1CC1)CC1CC1. The van der Waals surface area contributed by atoms with Gasteiger partial charge in [-0.3, -0.25) is 0 Å². The highest BCUT2D eigenvalue weighted by atomic mass is 15.1. The quantitative estimate of drug-likeness (QED) is 0.692. The topological polar surface area (TPSA) is 15.3 Å². The Labute approximate surface area is 125 Å². The Morgan fingerprint density at radius 3 is 2.10 bits per heavy atom. The molecule has 2 nitrogen and oxygen atoms in total. The molecule has 0 amide bonds. The molecule has 2 unspecified atom stereocenters. The summed E-state index contributed by atoms with van der Waals surface area (Å²) in [4.78, 5) is 2.85. The Balaban J connectivity index is 1.50. The van der Waals surface area contributed by atoms with E-state index < -0.39 is 0 Å². The lowest BCUT2D eigenvalue weighted by Gasteiger charge is -2.36. The summed E-state index contributed by atoms with van der Waals surface area (Å²) in [6.07, 6.45) is 13.1. The third kappa shape index (κ3) is 4.73. The van der Waals surface area contributed by atoms with Crippen LogP contribution in [0.3, 0.4) is 0 Å². The smallest absolute Gasteiger partial charge is 0.0107 e. The van der Waals surface area contributed by atoms with Crippen LogP contribution in [0.5, 0.6) is 0 Å². The zero-order valence-corrected chi connectivity index (χ0v) is 13.4. The molecular formula is C18H34N2. The molecule has 0 spiro atoms. The molecule has 0 aromatic rings. The Kier molecular flexibility index (Phi) is 5.39. The van der Waals surface area contributed by atoms with Crippen molar-refractivity contribution in [2.45, 2.75) is 70.8 Å². The number of rotatable bonds is 9. The molecule has 20 heavy (non-hydrogen) atoms. The second kappa shape index (κ2) is 7.26. The van der Waals surface area contributed by atoms with Crippen LogP contribution in [0.15, 0.2) is 0 Å². The summed E-state index contributed by atoms with van der Waals surface area (Å²) in [5.41, 5.74) is 0. The second-order valence-electron chi connectivity index (χ2n) is 7.71. The van der Waals surface area contributed by atoms with Gasteiger partial charge in [-0.05, 0) is 69.2 Å². The van der Waals surface area contributed by atoms with E-state index in [2.05, 4.69) is 17.1 Å². The molecular weight excluding hydrogens is 244 g/mol. The molecule has 2 atom stereocenters. The average Bonchev–Trinajstić information content (AvgIpc) is 3.34. The van der Waals surface area contributed by atoms with Gasteiger partial charge in [0.1, 0.15) is 0 Å². The van der Waals surface area contributed by atoms with Gasteiger partial charge in [0.2, 0.25) is 0 Å². The minimum Gasteiger partial charge on any atom is -0.314 e. The van der Waals surface area contributed by atoms with Crippen LogP contribution in [0.25, 0.3) is 0 Å². The zero-order valence-electron chi connectivity index (χ0n) is 13.4. The molecule has 0 aliphatic heterocycles. The van der Waals surface area contributed by atoms with E-state index in [0.717, 1.165) is 23.8 Å². The highest BCUT2D eigenvalue weighted by Gasteiger charge is 2.32. The van der Waals surface area contributed by atoms with E-state index in [1.807, 2.05) is 0 Å². The van der Waals surface area contributed by atoms with E-state index in [-0.39, 0.29) is 0 Å². The molecule has 3 aliphatic carbocycles. The number of nitrogens with one attached hydrogen (secondary N) is 1. The van der Waals surface area contributed by atoms with Gasteiger partial charge in [-0.25, -0.2) is 0 Å². The molecule has 0 radical (unpaired) electrons. The zero-order chi connectivity index (χ0) is 13.8. The molecule has 0 aromatic carbocycles.